The van der Waals surface area contributed by atoms with Crippen molar-refractivity contribution in [3.05, 3.63) is 35.9 Å². The Labute approximate surface area is 131 Å². The molecule has 2 rings (SSSR count). The van der Waals surface area contributed by atoms with E-state index in [9.17, 15) is 22.8 Å². The van der Waals surface area contributed by atoms with Crippen LogP contribution in [-0.2, 0) is 9.59 Å². The Kier molecular flexibility index (Phi) is 4.97. The van der Waals surface area contributed by atoms with E-state index in [2.05, 4.69) is 0 Å². The number of rotatable bonds is 6. The summed E-state index contributed by atoms with van der Waals surface area (Å²) in [6, 6.07) is 5.83. The van der Waals surface area contributed by atoms with Crippen molar-refractivity contribution in [3.63, 3.8) is 0 Å². The Morgan fingerprint density at radius 3 is 2.26 bits per heavy atom. The van der Waals surface area contributed by atoms with Crippen molar-refractivity contribution in [3.8, 4) is 0 Å². The van der Waals surface area contributed by atoms with E-state index in [0.29, 0.717) is 12.8 Å². The lowest BCUT2D eigenvalue weighted by Gasteiger charge is -2.29. The summed E-state index contributed by atoms with van der Waals surface area (Å²) in [6.45, 7) is 1.32. The fraction of sp³-hybridized carbons (Fsp3) is 0.500. The number of carboxylic acid groups (broad SMARTS) is 1. The normalized spacial score (nSPS) is 17.4. The number of carboxylic acids is 1. The second-order valence-electron chi connectivity index (χ2n) is 5.76. The van der Waals surface area contributed by atoms with Crippen molar-refractivity contribution in [2.45, 2.75) is 50.4 Å². The van der Waals surface area contributed by atoms with Crippen LogP contribution in [0.25, 0.3) is 0 Å². The molecule has 1 amide bonds. The quantitative estimate of drug-likeness (QED) is 0.872. The molecule has 7 heteroatoms. The van der Waals surface area contributed by atoms with Crippen LogP contribution in [0.4, 0.5) is 13.2 Å². The van der Waals surface area contributed by atoms with Crippen LogP contribution in [0.2, 0.25) is 0 Å². The lowest BCUT2D eigenvalue weighted by atomic mass is 9.94. The number of amides is 1. The van der Waals surface area contributed by atoms with Gasteiger partial charge in [0.25, 0.3) is 0 Å². The number of hydrogen-bond acceptors (Lipinski definition) is 2. The molecule has 1 aromatic carbocycles. The zero-order chi connectivity index (χ0) is 17.2. The summed E-state index contributed by atoms with van der Waals surface area (Å²) in [5.74, 6) is -3.92. The minimum Gasteiger partial charge on any atom is -0.480 e. The van der Waals surface area contributed by atoms with Gasteiger partial charge < -0.3 is 10.0 Å². The molecule has 0 bridgehead atoms. The molecule has 1 saturated carbocycles. The molecule has 1 aliphatic carbocycles. The molecule has 0 saturated heterocycles. The first kappa shape index (κ1) is 17.3. The Balaban J connectivity index is 2.21. The third-order valence-electron chi connectivity index (χ3n) is 3.98. The summed E-state index contributed by atoms with van der Waals surface area (Å²) in [5, 5.41) is 9.07. The molecule has 23 heavy (non-hydrogen) atoms. The Bertz CT molecular complexity index is 570. The van der Waals surface area contributed by atoms with Crippen LogP contribution in [0.3, 0.4) is 0 Å². The third kappa shape index (κ3) is 4.24. The Hall–Kier alpha value is -2.05. The summed E-state index contributed by atoms with van der Waals surface area (Å²) in [5.41, 5.74) is 0.00655. The van der Waals surface area contributed by atoms with Crippen molar-refractivity contribution in [1.82, 2.24) is 4.90 Å². The number of alkyl halides is 3. The van der Waals surface area contributed by atoms with E-state index in [4.69, 9.17) is 5.11 Å². The number of halogens is 3. The molecule has 4 nitrogen and oxygen atoms in total. The molecule has 0 radical (unpaired) electrons. The molecule has 1 N–H and O–H groups in total. The van der Waals surface area contributed by atoms with E-state index in [0.717, 1.165) is 4.90 Å². The maximum atomic E-state index is 13.3. The minimum atomic E-state index is -4.57. The highest BCUT2D eigenvalue weighted by Gasteiger charge is 2.45. The van der Waals surface area contributed by atoms with E-state index in [1.165, 1.54) is 31.2 Å². The molecule has 126 valence electrons. The second kappa shape index (κ2) is 6.60. The van der Waals surface area contributed by atoms with Gasteiger partial charge in [-0.25, -0.2) is 4.79 Å². The van der Waals surface area contributed by atoms with Crippen molar-refractivity contribution in [2.24, 2.45) is 0 Å². The second-order valence-corrected chi connectivity index (χ2v) is 5.76. The maximum absolute atomic E-state index is 13.3. The van der Waals surface area contributed by atoms with E-state index in [-0.39, 0.29) is 11.6 Å². The van der Waals surface area contributed by atoms with Crippen LogP contribution in [0.15, 0.2) is 30.3 Å². The lowest BCUT2D eigenvalue weighted by Crippen LogP contribution is -2.45. The van der Waals surface area contributed by atoms with E-state index >= 15 is 0 Å². The third-order valence-corrected chi connectivity index (χ3v) is 3.98. The largest absolute Gasteiger partial charge is 0.480 e. The molecule has 0 aromatic heterocycles. The van der Waals surface area contributed by atoms with Gasteiger partial charge in [-0.1, -0.05) is 30.3 Å². The average Bonchev–Trinajstić information content (AvgIpc) is 3.29. The maximum Gasteiger partial charge on any atom is 0.396 e. The number of benzene rings is 1. The summed E-state index contributed by atoms with van der Waals surface area (Å²) >= 11 is 0. The van der Waals surface area contributed by atoms with Gasteiger partial charge in [0.15, 0.2) is 0 Å². The highest BCUT2D eigenvalue weighted by molar-refractivity contribution is 5.84. The molecule has 1 aliphatic rings. The summed E-state index contributed by atoms with van der Waals surface area (Å²) in [6.07, 6.45) is -4.09. The fourth-order valence-corrected chi connectivity index (χ4v) is 2.60. The van der Waals surface area contributed by atoms with Gasteiger partial charge in [0.05, 0.1) is 5.92 Å². The van der Waals surface area contributed by atoms with Crippen LogP contribution >= 0.6 is 0 Å². The predicted octanol–water partition coefficient (Wildman–Crippen LogP) is 3.19. The van der Waals surface area contributed by atoms with Crippen molar-refractivity contribution < 1.29 is 27.9 Å². The summed E-state index contributed by atoms with van der Waals surface area (Å²) in [4.78, 5) is 24.6. The lowest BCUT2D eigenvalue weighted by molar-refractivity contribution is -0.163. The molecule has 2 atom stereocenters. The van der Waals surface area contributed by atoms with Gasteiger partial charge in [-0.2, -0.15) is 13.2 Å². The molecule has 2 unspecified atom stereocenters. The molecule has 1 aromatic rings. The van der Waals surface area contributed by atoms with Gasteiger partial charge in [-0.15, -0.1) is 0 Å². The number of hydrogen-bond donors (Lipinski definition) is 1. The van der Waals surface area contributed by atoms with Gasteiger partial charge in [0.2, 0.25) is 5.91 Å². The van der Waals surface area contributed by atoms with Gasteiger partial charge in [-0.3, -0.25) is 4.79 Å². The summed E-state index contributed by atoms with van der Waals surface area (Å²) in [7, 11) is 0. The number of carbonyl (C=O) groups is 2. The minimum absolute atomic E-state index is 0.00655. The molecular formula is C16H18F3NO3. The highest BCUT2D eigenvalue weighted by atomic mass is 19.4. The highest BCUT2D eigenvalue weighted by Crippen LogP contribution is 2.39. The Morgan fingerprint density at radius 1 is 1.26 bits per heavy atom. The van der Waals surface area contributed by atoms with Crippen LogP contribution in [0.5, 0.6) is 0 Å². The SMILES string of the molecule is CC(C(=O)O)N(C(=O)CC(c1ccccc1)C(F)(F)F)C1CC1. The van der Waals surface area contributed by atoms with E-state index < -0.39 is 36.4 Å². The van der Waals surface area contributed by atoms with Crippen LogP contribution in [0.1, 0.15) is 37.7 Å². The van der Waals surface area contributed by atoms with Crippen molar-refractivity contribution >= 4 is 11.9 Å². The van der Waals surface area contributed by atoms with E-state index in [1.807, 2.05) is 0 Å². The van der Waals surface area contributed by atoms with Gasteiger partial charge in [-0.05, 0) is 25.3 Å². The molecule has 1 fully saturated rings. The van der Waals surface area contributed by atoms with Gasteiger partial charge in [0, 0.05) is 12.5 Å². The van der Waals surface area contributed by atoms with Crippen LogP contribution < -0.4 is 0 Å². The van der Waals surface area contributed by atoms with Crippen molar-refractivity contribution in [1.29, 1.82) is 0 Å². The van der Waals surface area contributed by atoms with Crippen LogP contribution in [0, 0.1) is 0 Å². The number of aliphatic carboxylic acids is 1. The zero-order valence-electron chi connectivity index (χ0n) is 12.6. The summed E-state index contributed by atoms with van der Waals surface area (Å²) < 4.78 is 40.0. The first-order valence-electron chi connectivity index (χ1n) is 7.37. The standard InChI is InChI=1S/C16H18F3NO3/c1-10(15(22)23)20(12-7-8-12)14(21)9-13(16(17,18)19)11-5-3-2-4-6-11/h2-6,10,12-13H,7-9H2,1H3,(H,22,23). The first-order chi connectivity index (χ1) is 10.7. The molecular weight excluding hydrogens is 311 g/mol. The smallest absolute Gasteiger partial charge is 0.396 e. The molecule has 0 heterocycles. The Morgan fingerprint density at radius 2 is 1.83 bits per heavy atom. The average molecular weight is 329 g/mol. The number of carbonyl (C=O) groups excluding carboxylic acids is 1. The zero-order valence-corrected chi connectivity index (χ0v) is 12.6. The molecule has 0 spiro atoms. The monoisotopic (exact) mass is 329 g/mol. The topological polar surface area (TPSA) is 57.6 Å². The predicted molar refractivity (Wildman–Crippen MR) is 76.8 cm³/mol. The van der Waals surface area contributed by atoms with Gasteiger partial charge >= 0.3 is 12.1 Å². The van der Waals surface area contributed by atoms with Crippen LogP contribution in [-0.4, -0.2) is 40.1 Å². The molecule has 0 aliphatic heterocycles. The van der Waals surface area contributed by atoms with Crippen molar-refractivity contribution in [2.75, 3.05) is 0 Å². The first-order valence-corrected chi connectivity index (χ1v) is 7.37. The van der Waals surface area contributed by atoms with E-state index in [1.54, 1.807) is 6.07 Å². The van der Waals surface area contributed by atoms with Gasteiger partial charge in [0.1, 0.15) is 6.04 Å². The number of nitrogens with zero attached hydrogens (tertiary/aromatic N) is 1. The fourth-order valence-electron chi connectivity index (χ4n) is 2.60.